The van der Waals surface area contributed by atoms with Crippen LogP contribution in [0, 0.1) is 0 Å². The minimum atomic E-state index is 0. The van der Waals surface area contributed by atoms with Crippen molar-refractivity contribution in [1.29, 1.82) is 0 Å². The van der Waals surface area contributed by atoms with E-state index in [0.717, 1.165) is 37.2 Å². The third kappa shape index (κ3) is 3.45. The summed E-state index contributed by atoms with van der Waals surface area (Å²) in [5.74, 6) is 0.145. The molecular formula is C17H21ClN2OS. The zero-order chi connectivity index (χ0) is 14.7. The Bertz CT molecular complexity index is 628. The fraction of sp³-hybridized carbons (Fsp3) is 0.353. The Hall–Kier alpha value is -1.52. The topological polar surface area (TPSA) is 32.3 Å². The number of hydrogen-bond donors (Lipinski definition) is 1. The van der Waals surface area contributed by atoms with Gasteiger partial charge in [0.15, 0.2) is 0 Å². The summed E-state index contributed by atoms with van der Waals surface area (Å²) >= 11 is 1.70. The van der Waals surface area contributed by atoms with E-state index < -0.39 is 0 Å². The molecule has 2 aromatic rings. The molecule has 22 heavy (non-hydrogen) atoms. The van der Waals surface area contributed by atoms with Crippen molar-refractivity contribution in [2.75, 3.05) is 18.4 Å². The van der Waals surface area contributed by atoms with E-state index in [1.165, 1.54) is 10.4 Å². The fourth-order valence-corrected chi connectivity index (χ4v) is 3.52. The van der Waals surface area contributed by atoms with Gasteiger partial charge in [-0.05, 0) is 48.9 Å². The number of carbonyl (C=O) groups excluding carboxylic acids is 1. The second kappa shape index (κ2) is 7.65. The molecule has 3 nitrogen and oxygen atoms in total. The van der Waals surface area contributed by atoms with E-state index in [1.807, 2.05) is 30.0 Å². The molecule has 0 atom stereocenters. The Balaban J connectivity index is 0.00000176. The van der Waals surface area contributed by atoms with Gasteiger partial charge in [-0.25, -0.2) is 0 Å². The van der Waals surface area contributed by atoms with E-state index in [4.69, 9.17) is 0 Å². The highest BCUT2D eigenvalue weighted by molar-refractivity contribution is 7.09. The first kappa shape index (κ1) is 16.8. The van der Waals surface area contributed by atoms with Gasteiger partial charge in [-0.3, -0.25) is 4.79 Å². The smallest absolute Gasteiger partial charge is 0.254 e. The summed E-state index contributed by atoms with van der Waals surface area (Å²) in [6.45, 7) is 4.47. The molecule has 1 aliphatic heterocycles. The molecule has 0 bridgehead atoms. The van der Waals surface area contributed by atoms with Gasteiger partial charge in [0.05, 0.1) is 6.54 Å². The van der Waals surface area contributed by atoms with Gasteiger partial charge in [0, 0.05) is 29.2 Å². The lowest BCUT2D eigenvalue weighted by atomic mass is 9.97. The van der Waals surface area contributed by atoms with Crippen molar-refractivity contribution in [2.24, 2.45) is 0 Å². The zero-order valence-corrected chi connectivity index (χ0v) is 14.3. The normalized spacial score (nSPS) is 12.8. The van der Waals surface area contributed by atoms with Crippen LogP contribution in [-0.2, 0) is 13.0 Å². The first-order valence-electron chi connectivity index (χ1n) is 7.47. The molecule has 0 aliphatic carbocycles. The van der Waals surface area contributed by atoms with Crippen LogP contribution in [0.2, 0.25) is 0 Å². The summed E-state index contributed by atoms with van der Waals surface area (Å²) in [5, 5.41) is 5.45. The maximum atomic E-state index is 12.9. The number of hydrogen-bond acceptors (Lipinski definition) is 3. The van der Waals surface area contributed by atoms with Crippen LogP contribution >= 0.6 is 23.7 Å². The molecule has 118 valence electrons. The zero-order valence-electron chi connectivity index (χ0n) is 12.7. The maximum Gasteiger partial charge on any atom is 0.254 e. The summed E-state index contributed by atoms with van der Waals surface area (Å²) in [4.78, 5) is 16.0. The summed E-state index contributed by atoms with van der Waals surface area (Å²) in [6, 6.07) is 10.1. The van der Waals surface area contributed by atoms with Crippen molar-refractivity contribution in [2.45, 2.75) is 26.3 Å². The van der Waals surface area contributed by atoms with Crippen molar-refractivity contribution >= 4 is 35.3 Å². The molecule has 0 fully saturated rings. The largest absolute Gasteiger partial charge is 0.385 e. The predicted molar refractivity (Wildman–Crippen MR) is 95.2 cm³/mol. The number of benzene rings is 1. The number of carbonyl (C=O) groups is 1. The first-order chi connectivity index (χ1) is 10.3. The highest BCUT2D eigenvalue weighted by Gasteiger charge is 2.21. The second-order valence-electron chi connectivity index (χ2n) is 5.26. The molecule has 1 amide bonds. The molecule has 0 radical (unpaired) electrons. The number of halogens is 1. The average Bonchev–Trinajstić information content (AvgIpc) is 3.04. The number of amides is 1. The third-order valence-corrected chi connectivity index (χ3v) is 4.78. The quantitative estimate of drug-likeness (QED) is 0.908. The molecule has 3 rings (SSSR count). The fourth-order valence-electron chi connectivity index (χ4n) is 2.80. The highest BCUT2D eigenvalue weighted by Crippen LogP contribution is 2.26. The lowest BCUT2D eigenvalue weighted by Crippen LogP contribution is -2.31. The van der Waals surface area contributed by atoms with E-state index in [9.17, 15) is 4.79 Å². The van der Waals surface area contributed by atoms with Gasteiger partial charge in [-0.2, -0.15) is 0 Å². The van der Waals surface area contributed by atoms with Crippen molar-refractivity contribution in [3.05, 3.63) is 51.7 Å². The number of rotatable bonds is 4. The van der Waals surface area contributed by atoms with Gasteiger partial charge in [0.1, 0.15) is 0 Å². The number of nitrogens with zero attached hydrogens (tertiary/aromatic N) is 1. The molecule has 0 unspecified atom stereocenters. The molecule has 5 heteroatoms. The monoisotopic (exact) mass is 336 g/mol. The van der Waals surface area contributed by atoms with Crippen LogP contribution < -0.4 is 5.32 Å². The Labute approximate surface area is 141 Å². The Kier molecular flexibility index (Phi) is 5.86. The van der Waals surface area contributed by atoms with Gasteiger partial charge in [-0.15, -0.1) is 23.7 Å². The predicted octanol–water partition coefficient (Wildman–Crippen LogP) is 4.19. The lowest BCUT2D eigenvalue weighted by molar-refractivity contribution is 0.0753. The van der Waals surface area contributed by atoms with Crippen LogP contribution in [0.5, 0.6) is 0 Å². The maximum absolute atomic E-state index is 12.9. The van der Waals surface area contributed by atoms with Crippen LogP contribution in [0.25, 0.3) is 0 Å². The van der Waals surface area contributed by atoms with Crippen molar-refractivity contribution in [3.8, 4) is 0 Å². The molecule has 0 saturated carbocycles. The molecule has 1 aromatic carbocycles. The van der Waals surface area contributed by atoms with Crippen LogP contribution in [0.1, 0.15) is 34.1 Å². The number of thiophene rings is 1. The van der Waals surface area contributed by atoms with Gasteiger partial charge in [-0.1, -0.05) is 12.1 Å². The SMILES string of the molecule is CCN(Cc1cccs1)C(=O)c1cccc2c1CCCN2.Cl. The van der Waals surface area contributed by atoms with E-state index in [-0.39, 0.29) is 18.3 Å². The molecule has 2 heterocycles. The highest BCUT2D eigenvalue weighted by atomic mass is 35.5. The van der Waals surface area contributed by atoms with Crippen molar-refractivity contribution in [3.63, 3.8) is 0 Å². The molecule has 0 saturated heterocycles. The van der Waals surface area contributed by atoms with Crippen LogP contribution in [0.3, 0.4) is 0 Å². The standard InChI is InChI=1S/C17H20N2OS.ClH/c1-2-19(12-13-6-5-11-21-13)17(20)15-7-3-9-16-14(15)8-4-10-18-16;/h3,5-7,9,11,18H,2,4,8,10,12H2,1H3;1H. The summed E-state index contributed by atoms with van der Waals surface area (Å²) in [5.41, 5.74) is 3.16. The van der Waals surface area contributed by atoms with E-state index in [1.54, 1.807) is 11.3 Å². The van der Waals surface area contributed by atoms with Crippen molar-refractivity contribution in [1.82, 2.24) is 4.90 Å². The first-order valence-corrected chi connectivity index (χ1v) is 8.35. The number of anilines is 1. The molecule has 1 aromatic heterocycles. The van der Waals surface area contributed by atoms with Gasteiger partial charge in [0.25, 0.3) is 5.91 Å². The molecule has 0 spiro atoms. The third-order valence-electron chi connectivity index (χ3n) is 3.92. The average molecular weight is 337 g/mol. The van der Waals surface area contributed by atoms with Gasteiger partial charge >= 0.3 is 0 Å². The van der Waals surface area contributed by atoms with Gasteiger partial charge in [0.2, 0.25) is 0 Å². The second-order valence-corrected chi connectivity index (χ2v) is 6.29. The molecule has 1 N–H and O–H groups in total. The summed E-state index contributed by atoms with van der Waals surface area (Å²) in [7, 11) is 0. The van der Waals surface area contributed by atoms with Crippen LogP contribution in [-0.4, -0.2) is 23.9 Å². The van der Waals surface area contributed by atoms with E-state index in [2.05, 4.69) is 22.8 Å². The number of nitrogens with one attached hydrogen (secondary N) is 1. The van der Waals surface area contributed by atoms with E-state index in [0.29, 0.717) is 6.54 Å². The van der Waals surface area contributed by atoms with Crippen LogP contribution in [0.15, 0.2) is 35.7 Å². The van der Waals surface area contributed by atoms with E-state index >= 15 is 0 Å². The minimum Gasteiger partial charge on any atom is -0.385 e. The Morgan fingerprint density at radius 1 is 1.32 bits per heavy atom. The summed E-state index contributed by atoms with van der Waals surface area (Å²) < 4.78 is 0. The Morgan fingerprint density at radius 3 is 2.91 bits per heavy atom. The lowest BCUT2D eigenvalue weighted by Gasteiger charge is -2.25. The minimum absolute atomic E-state index is 0. The molecular weight excluding hydrogens is 316 g/mol. The molecule has 1 aliphatic rings. The van der Waals surface area contributed by atoms with Gasteiger partial charge < -0.3 is 10.2 Å². The van der Waals surface area contributed by atoms with Crippen LogP contribution in [0.4, 0.5) is 5.69 Å². The van der Waals surface area contributed by atoms with Crippen molar-refractivity contribution < 1.29 is 4.79 Å². The Morgan fingerprint density at radius 2 is 2.18 bits per heavy atom. The number of fused-ring (bicyclic) bond motifs is 1. The summed E-state index contributed by atoms with van der Waals surface area (Å²) in [6.07, 6.45) is 2.08.